The molecule has 0 saturated carbocycles. The minimum absolute atomic E-state index is 0.0925. The van der Waals surface area contributed by atoms with Gasteiger partial charge in [-0.3, -0.25) is 4.98 Å². The van der Waals surface area contributed by atoms with E-state index in [4.69, 9.17) is 7.16 Å². The number of rotatable bonds is 3. The molecule has 0 aliphatic rings. The summed E-state index contributed by atoms with van der Waals surface area (Å²) < 4.78 is 64.2. The van der Waals surface area contributed by atoms with Crippen LogP contribution in [0.1, 0.15) is 22.2 Å². The summed E-state index contributed by atoms with van der Waals surface area (Å²) >= 11 is 0. The Morgan fingerprint density at radius 1 is 0.800 bits per heavy atom. The molecular formula is C30H22F3NO. The number of aromatic nitrogens is 1. The third kappa shape index (κ3) is 3.54. The van der Waals surface area contributed by atoms with E-state index in [-0.39, 0.29) is 5.56 Å². The van der Waals surface area contributed by atoms with Crippen molar-refractivity contribution in [1.82, 2.24) is 4.98 Å². The van der Waals surface area contributed by atoms with E-state index in [0.717, 1.165) is 46.2 Å². The molecule has 0 aliphatic heterocycles. The van der Waals surface area contributed by atoms with Crippen molar-refractivity contribution in [2.75, 3.05) is 0 Å². The van der Waals surface area contributed by atoms with E-state index in [1.807, 2.05) is 30.3 Å². The van der Waals surface area contributed by atoms with Gasteiger partial charge < -0.3 is 4.42 Å². The van der Waals surface area contributed by atoms with Crippen LogP contribution in [0.25, 0.3) is 54.7 Å². The molecule has 0 atom stereocenters. The van der Waals surface area contributed by atoms with Crippen LogP contribution in [0.15, 0.2) is 89.5 Å². The van der Waals surface area contributed by atoms with Crippen LogP contribution in [-0.4, -0.2) is 11.2 Å². The maximum Gasteiger partial charge on any atom is 0.394 e. The van der Waals surface area contributed by atoms with Crippen molar-refractivity contribution in [1.29, 1.82) is 0 Å². The van der Waals surface area contributed by atoms with E-state index >= 15 is 0 Å². The number of benzene rings is 4. The van der Waals surface area contributed by atoms with Gasteiger partial charge in [-0.1, -0.05) is 62.4 Å². The molecule has 2 nitrogen and oxygen atoms in total. The van der Waals surface area contributed by atoms with Gasteiger partial charge in [-0.15, -0.1) is 0 Å². The topological polar surface area (TPSA) is 26.0 Å². The lowest BCUT2D eigenvalue weighted by Gasteiger charge is -2.27. The number of pyridine rings is 1. The van der Waals surface area contributed by atoms with Gasteiger partial charge in [0.2, 0.25) is 0 Å². The van der Waals surface area contributed by atoms with E-state index in [9.17, 15) is 13.2 Å². The second-order valence-corrected chi connectivity index (χ2v) is 9.32. The number of furan rings is 1. The lowest BCUT2D eigenvalue weighted by atomic mass is 9.85. The van der Waals surface area contributed by atoms with Gasteiger partial charge in [-0.2, -0.15) is 13.2 Å². The minimum atomic E-state index is -4.73. The first-order chi connectivity index (χ1) is 17.5. The Balaban J connectivity index is 1.55. The predicted molar refractivity (Wildman–Crippen MR) is 136 cm³/mol. The van der Waals surface area contributed by atoms with Crippen LogP contribution < -0.4 is 0 Å². The van der Waals surface area contributed by atoms with Crippen molar-refractivity contribution in [2.24, 2.45) is 5.41 Å². The maximum absolute atomic E-state index is 13.7. The zero-order chi connectivity index (χ0) is 26.2. The third-order valence-electron chi connectivity index (χ3n) is 6.56. The largest absolute Gasteiger partial charge is 0.455 e. The number of nitrogens with zero attached hydrogens (tertiary/aromatic N) is 1. The van der Waals surface area contributed by atoms with E-state index in [2.05, 4.69) is 35.3 Å². The number of hydrogen-bond donors (Lipinski definition) is 0. The smallest absolute Gasteiger partial charge is 0.394 e. The van der Waals surface area contributed by atoms with Crippen molar-refractivity contribution in [2.45, 2.75) is 26.4 Å². The van der Waals surface area contributed by atoms with Gasteiger partial charge in [0, 0.05) is 25.3 Å². The first kappa shape index (κ1) is 19.4. The molecule has 0 saturated heterocycles. The number of fused-ring (bicyclic) bond motifs is 6. The van der Waals surface area contributed by atoms with Gasteiger partial charge in [-0.25, -0.2) is 0 Å². The molecular weight excluding hydrogens is 447 g/mol. The van der Waals surface area contributed by atoms with Crippen molar-refractivity contribution < 1.29 is 20.3 Å². The van der Waals surface area contributed by atoms with Crippen LogP contribution in [0.5, 0.6) is 0 Å². The SMILES string of the molecule is [2H]C([2H])(c1ccnc(-c2cccc3c2oc2cc4c(ccc5ccccc54)cc23)c1)C(C)(C)C(F)(F)F. The van der Waals surface area contributed by atoms with Gasteiger partial charge in [0.1, 0.15) is 11.2 Å². The third-order valence-corrected chi connectivity index (χ3v) is 6.56. The summed E-state index contributed by atoms with van der Waals surface area (Å²) in [5.74, 6) is 0. The molecule has 2 aromatic heterocycles. The Kier molecular flexibility index (Phi) is 4.21. The molecule has 2 heterocycles. The number of halogens is 3. The highest BCUT2D eigenvalue weighted by Gasteiger charge is 2.47. The van der Waals surface area contributed by atoms with Gasteiger partial charge in [0.25, 0.3) is 0 Å². The molecule has 6 rings (SSSR count). The van der Waals surface area contributed by atoms with Gasteiger partial charge in [0.15, 0.2) is 0 Å². The van der Waals surface area contributed by atoms with Gasteiger partial charge in [-0.05, 0) is 63.8 Å². The fourth-order valence-corrected chi connectivity index (χ4v) is 4.59. The molecule has 0 radical (unpaired) electrons. The average Bonchev–Trinajstić information content (AvgIpc) is 3.24. The second-order valence-electron chi connectivity index (χ2n) is 9.32. The van der Waals surface area contributed by atoms with Crippen LogP contribution in [0.3, 0.4) is 0 Å². The van der Waals surface area contributed by atoms with E-state index in [1.165, 1.54) is 18.3 Å². The molecule has 5 heteroatoms. The Hall–Kier alpha value is -3.86. The van der Waals surface area contributed by atoms with Crippen LogP contribution >= 0.6 is 0 Å². The molecule has 4 aromatic carbocycles. The zero-order valence-corrected chi connectivity index (χ0v) is 19.1. The molecule has 0 N–H and O–H groups in total. The van der Waals surface area contributed by atoms with Crippen LogP contribution in [0.4, 0.5) is 13.2 Å². The molecule has 0 fully saturated rings. The van der Waals surface area contributed by atoms with Crippen LogP contribution in [0, 0.1) is 5.41 Å². The zero-order valence-electron chi connectivity index (χ0n) is 21.1. The first-order valence-corrected chi connectivity index (χ1v) is 11.3. The minimum Gasteiger partial charge on any atom is -0.455 e. The molecule has 0 amide bonds. The normalized spacial score (nSPS) is 14.1. The van der Waals surface area contributed by atoms with Gasteiger partial charge >= 0.3 is 6.18 Å². The van der Waals surface area contributed by atoms with E-state index in [0.29, 0.717) is 22.4 Å². The molecule has 0 spiro atoms. The number of hydrogen-bond acceptors (Lipinski definition) is 2. The molecule has 0 unspecified atom stereocenters. The second kappa shape index (κ2) is 7.57. The molecule has 0 aliphatic carbocycles. The van der Waals surface area contributed by atoms with E-state index < -0.39 is 18.0 Å². The van der Waals surface area contributed by atoms with Crippen molar-refractivity contribution in [3.8, 4) is 11.3 Å². The summed E-state index contributed by atoms with van der Waals surface area (Å²) in [6, 6.07) is 24.7. The summed E-state index contributed by atoms with van der Waals surface area (Å²) in [6.45, 7) is 1.75. The van der Waals surface area contributed by atoms with Gasteiger partial charge in [0.05, 0.1) is 11.1 Å². The molecule has 0 bridgehead atoms. The maximum atomic E-state index is 13.7. The Bertz CT molecular complexity index is 1840. The van der Waals surface area contributed by atoms with Crippen LogP contribution in [-0.2, 0) is 6.37 Å². The highest BCUT2D eigenvalue weighted by atomic mass is 19.4. The van der Waals surface area contributed by atoms with Crippen LogP contribution in [0.2, 0.25) is 0 Å². The number of para-hydroxylation sites is 1. The fourth-order valence-electron chi connectivity index (χ4n) is 4.59. The predicted octanol–water partition coefficient (Wildman–Crippen LogP) is 9.09. The quantitative estimate of drug-likeness (QED) is 0.241. The summed E-state index contributed by atoms with van der Waals surface area (Å²) in [6.07, 6.45) is -6.06. The van der Waals surface area contributed by atoms with Crippen molar-refractivity contribution in [3.63, 3.8) is 0 Å². The number of alkyl halides is 3. The Labute approximate surface area is 202 Å². The Morgan fingerprint density at radius 3 is 2.40 bits per heavy atom. The summed E-state index contributed by atoms with van der Waals surface area (Å²) in [5.41, 5.74) is -0.519. The van der Waals surface area contributed by atoms with Crippen molar-refractivity contribution in [3.05, 3.63) is 90.6 Å². The first-order valence-electron chi connectivity index (χ1n) is 12.3. The molecule has 6 aromatic rings. The highest BCUT2D eigenvalue weighted by molar-refractivity contribution is 6.17. The lowest BCUT2D eigenvalue weighted by molar-refractivity contribution is -0.211. The summed E-state index contributed by atoms with van der Waals surface area (Å²) in [4.78, 5) is 4.38. The molecule has 35 heavy (non-hydrogen) atoms. The highest BCUT2D eigenvalue weighted by Crippen LogP contribution is 2.41. The van der Waals surface area contributed by atoms with E-state index in [1.54, 1.807) is 6.07 Å². The Morgan fingerprint density at radius 2 is 1.57 bits per heavy atom. The summed E-state index contributed by atoms with van der Waals surface area (Å²) in [5, 5.41) is 6.16. The monoisotopic (exact) mass is 471 g/mol. The summed E-state index contributed by atoms with van der Waals surface area (Å²) in [7, 11) is 0. The van der Waals surface area contributed by atoms with Crippen molar-refractivity contribution >= 4 is 43.5 Å². The standard InChI is InChI=1S/C30H22F3NO/c1-29(2,30(31,32)33)17-18-12-13-34-26(14-18)23-9-5-8-22-25-15-20-11-10-19-6-3-4-7-21(19)24(20)16-27(25)35-28(22)23/h3-16H,17H2,1-2H3/i17D2. The lowest BCUT2D eigenvalue weighted by Crippen LogP contribution is -2.34. The average molecular weight is 472 g/mol. The molecule has 174 valence electrons. The fraction of sp³-hybridized carbons (Fsp3) is 0.167.